The molecule has 3 heteroatoms. The predicted molar refractivity (Wildman–Crippen MR) is 74.5 cm³/mol. The van der Waals surface area contributed by atoms with Crippen LogP contribution in [-0.4, -0.2) is 4.98 Å². The van der Waals surface area contributed by atoms with Crippen LogP contribution in [0.5, 0.6) is 0 Å². The molecule has 2 nitrogen and oxygen atoms in total. The Morgan fingerprint density at radius 3 is 2.94 bits per heavy atom. The molecule has 0 spiro atoms. The smallest absolute Gasteiger partial charge is 0.0794 e. The molecular formula is C14H18N2S. The summed E-state index contributed by atoms with van der Waals surface area (Å²) in [5.41, 5.74) is 4.55. The van der Waals surface area contributed by atoms with Crippen molar-refractivity contribution < 1.29 is 0 Å². The molecule has 1 heterocycles. The minimum atomic E-state index is 0.869. The second-order valence-electron chi connectivity index (χ2n) is 4.08. The van der Waals surface area contributed by atoms with Gasteiger partial charge < -0.3 is 5.32 Å². The molecule has 0 radical (unpaired) electrons. The van der Waals surface area contributed by atoms with Crippen molar-refractivity contribution in [2.24, 2.45) is 0 Å². The van der Waals surface area contributed by atoms with Crippen molar-refractivity contribution in [2.75, 3.05) is 5.32 Å². The predicted octanol–water partition coefficient (Wildman–Crippen LogP) is 4.10. The number of rotatable bonds is 6. The Morgan fingerprint density at radius 1 is 1.29 bits per heavy atom. The van der Waals surface area contributed by atoms with E-state index in [-0.39, 0.29) is 0 Å². The maximum atomic E-state index is 4.09. The first-order chi connectivity index (χ1) is 8.40. The normalized spacial score (nSPS) is 10.4. The average Bonchev–Trinajstić information content (AvgIpc) is 2.88. The molecule has 2 aromatic rings. The van der Waals surface area contributed by atoms with Crippen molar-refractivity contribution in [1.82, 2.24) is 4.98 Å². The minimum absolute atomic E-state index is 0.869. The Morgan fingerprint density at radius 2 is 2.18 bits per heavy atom. The van der Waals surface area contributed by atoms with Gasteiger partial charge in [-0.2, -0.15) is 0 Å². The number of aromatic nitrogens is 1. The molecule has 0 bridgehead atoms. The second-order valence-corrected chi connectivity index (χ2v) is 5.05. The molecule has 0 fully saturated rings. The van der Waals surface area contributed by atoms with Gasteiger partial charge in [-0.3, -0.25) is 4.98 Å². The van der Waals surface area contributed by atoms with Crippen LogP contribution in [0.4, 0.5) is 5.69 Å². The van der Waals surface area contributed by atoms with E-state index in [1.54, 1.807) is 11.3 Å². The van der Waals surface area contributed by atoms with Crippen LogP contribution < -0.4 is 5.32 Å². The largest absolute Gasteiger partial charge is 0.380 e. The van der Waals surface area contributed by atoms with Gasteiger partial charge in [0.1, 0.15) is 0 Å². The highest BCUT2D eigenvalue weighted by atomic mass is 32.1. The summed E-state index contributed by atoms with van der Waals surface area (Å²) in [6.07, 6.45) is 5.57. The van der Waals surface area contributed by atoms with Crippen LogP contribution >= 0.6 is 11.3 Å². The molecule has 2 rings (SSSR count). The zero-order valence-corrected chi connectivity index (χ0v) is 11.0. The molecular weight excluding hydrogens is 228 g/mol. The zero-order chi connectivity index (χ0) is 11.9. The Labute approximate surface area is 107 Å². The molecule has 0 aliphatic rings. The van der Waals surface area contributed by atoms with Crippen LogP contribution in [-0.2, 0) is 13.0 Å². The van der Waals surface area contributed by atoms with Crippen molar-refractivity contribution >= 4 is 17.0 Å². The van der Waals surface area contributed by atoms with E-state index in [1.165, 1.54) is 29.0 Å². The van der Waals surface area contributed by atoms with Gasteiger partial charge >= 0.3 is 0 Å². The first-order valence-corrected chi connectivity index (χ1v) is 6.97. The van der Waals surface area contributed by atoms with Crippen LogP contribution in [0, 0.1) is 0 Å². The van der Waals surface area contributed by atoms with Crippen LogP contribution in [0.1, 0.15) is 30.2 Å². The summed E-state index contributed by atoms with van der Waals surface area (Å²) in [6, 6.07) is 8.57. The number of thiazole rings is 1. The summed E-state index contributed by atoms with van der Waals surface area (Å²) in [4.78, 5) is 5.36. The molecule has 0 unspecified atom stereocenters. The fourth-order valence-electron chi connectivity index (χ4n) is 1.79. The SMILES string of the molecule is CCCCc1ccccc1NCc1cncs1. The van der Waals surface area contributed by atoms with Gasteiger partial charge in [0, 0.05) is 16.8 Å². The fourth-order valence-corrected chi connectivity index (χ4v) is 2.32. The number of unbranched alkanes of at least 4 members (excludes halogenated alkanes) is 1. The van der Waals surface area contributed by atoms with Gasteiger partial charge in [-0.15, -0.1) is 11.3 Å². The quantitative estimate of drug-likeness (QED) is 0.830. The maximum absolute atomic E-state index is 4.09. The second kappa shape index (κ2) is 6.40. The van der Waals surface area contributed by atoms with E-state index in [9.17, 15) is 0 Å². The van der Waals surface area contributed by atoms with Crippen molar-refractivity contribution in [3.63, 3.8) is 0 Å². The molecule has 0 saturated heterocycles. The lowest BCUT2D eigenvalue weighted by atomic mass is 10.1. The summed E-state index contributed by atoms with van der Waals surface area (Å²) in [6.45, 7) is 3.10. The lowest BCUT2D eigenvalue weighted by Crippen LogP contribution is -2.01. The highest BCUT2D eigenvalue weighted by molar-refractivity contribution is 7.09. The van der Waals surface area contributed by atoms with Crippen LogP contribution in [0.25, 0.3) is 0 Å². The highest BCUT2D eigenvalue weighted by Crippen LogP contribution is 2.19. The first kappa shape index (κ1) is 12.1. The van der Waals surface area contributed by atoms with Gasteiger partial charge in [0.25, 0.3) is 0 Å². The van der Waals surface area contributed by atoms with E-state index in [1.807, 2.05) is 11.7 Å². The first-order valence-electron chi connectivity index (χ1n) is 6.09. The molecule has 90 valence electrons. The van der Waals surface area contributed by atoms with Crippen molar-refractivity contribution in [2.45, 2.75) is 32.7 Å². The summed E-state index contributed by atoms with van der Waals surface area (Å²) < 4.78 is 0. The zero-order valence-electron chi connectivity index (χ0n) is 10.1. The van der Waals surface area contributed by atoms with Crippen molar-refractivity contribution in [3.8, 4) is 0 Å². The number of hydrogen-bond donors (Lipinski definition) is 1. The third-order valence-electron chi connectivity index (χ3n) is 2.75. The maximum Gasteiger partial charge on any atom is 0.0794 e. The van der Waals surface area contributed by atoms with Gasteiger partial charge in [-0.1, -0.05) is 31.5 Å². The van der Waals surface area contributed by atoms with Crippen LogP contribution in [0.2, 0.25) is 0 Å². The minimum Gasteiger partial charge on any atom is -0.380 e. The summed E-state index contributed by atoms with van der Waals surface area (Å²) >= 11 is 1.69. The summed E-state index contributed by atoms with van der Waals surface area (Å²) in [5, 5.41) is 3.49. The molecule has 0 saturated carbocycles. The molecule has 0 amide bonds. The third kappa shape index (κ3) is 3.56. The van der Waals surface area contributed by atoms with E-state index in [2.05, 4.69) is 41.5 Å². The topological polar surface area (TPSA) is 24.9 Å². The monoisotopic (exact) mass is 246 g/mol. The van der Waals surface area contributed by atoms with E-state index < -0.39 is 0 Å². The number of aryl methyl sites for hydroxylation is 1. The van der Waals surface area contributed by atoms with Gasteiger partial charge in [-0.25, -0.2) is 0 Å². The number of nitrogens with one attached hydrogen (secondary N) is 1. The lowest BCUT2D eigenvalue weighted by Gasteiger charge is -2.10. The summed E-state index contributed by atoms with van der Waals surface area (Å²) in [5.74, 6) is 0. The van der Waals surface area contributed by atoms with E-state index >= 15 is 0 Å². The summed E-state index contributed by atoms with van der Waals surface area (Å²) in [7, 11) is 0. The highest BCUT2D eigenvalue weighted by Gasteiger charge is 2.01. The van der Waals surface area contributed by atoms with Gasteiger partial charge in [0.15, 0.2) is 0 Å². The van der Waals surface area contributed by atoms with E-state index in [0.29, 0.717) is 0 Å². The Hall–Kier alpha value is -1.35. The molecule has 0 aliphatic carbocycles. The fraction of sp³-hybridized carbons (Fsp3) is 0.357. The van der Waals surface area contributed by atoms with Gasteiger partial charge in [0.2, 0.25) is 0 Å². The molecule has 1 aromatic carbocycles. The molecule has 0 atom stereocenters. The van der Waals surface area contributed by atoms with Gasteiger partial charge in [0.05, 0.1) is 12.1 Å². The van der Waals surface area contributed by atoms with E-state index in [0.717, 1.165) is 13.0 Å². The van der Waals surface area contributed by atoms with Gasteiger partial charge in [-0.05, 0) is 24.5 Å². The number of benzene rings is 1. The van der Waals surface area contributed by atoms with Crippen molar-refractivity contribution in [1.29, 1.82) is 0 Å². The molecule has 17 heavy (non-hydrogen) atoms. The number of para-hydroxylation sites is 1. The number of anilines is 1. The standard InChI is InChI=1S/C14H18N2S/c1-2-3-6-12-7-4-5-8-14(12)16-10-13-9-15-11-17-13/h4-5,7-9,11,16H,2-3,6,10H2,1H3. The van der Waals surface area contributed by atoms with Crippen molar-refractivity contribution in [3.05, 3.63) is 46.4 Å². The third-order valence-corrected chi connectivity index (χ3v) is 3.53. The number of hydrogen-bond acceptors (Lipinski definition) is 3. The van der Waals surface area contributed by atoms with Crippen LogP contribution in [0.15, 0.2) is 36.0 Å². The van der Waals surface area contributed by atoms with E-state index in [4.69, 9.17) is 0 Å². The Bertz CT molecular complexity index is 437. The average molecular weight is 246 g/mol. The Balaban J connectivity index is 1.99. The molecule has 0 aliphatic heterocycles. The number of nitrogens with zero attached hydrogens (tertiary/aromatic N) is 1. The lowest BCUT2D eigenvalue weighted by molar-refractivity contribution is 0.795. The molecule has 1 aromatic heterocycles. The van der Waals surface area contributed by atoms with Crippen LogP contribution in [0.3, 0.4) is 0 Å². The Kier molecular flexibility index (Phi) is 4.56. The molecule has 1 N–H and O–H groups in total.